The van der Waals surface area contributed by atoms with Crippen LogP contribution in [-0.4, -0.2) is 11.8 Å². The van der Waals surface area contributed by atoms with Crippen molar-refractivity contribution in [2.45, 2.75) is 0 Å². The Kier molecular flexibility index (Phi) is 9.03. The Morgan fingerprint density at radius 1 is 0.304 bits per heavy atom. The van der Waals surface area contributed by atoms with Crippen LogP contribution in [0.5, 0.6) is 0 Å². The summed E-state index contributed by atoms with van der Waals surface area (Å²) in [5.41, 5.74) is 5.05. The van der Waals surface area contributed by atoms with Gasteiger partial charge in [0, 0.05) is 54.8 Å². The van der Waals surface area contributed by atoms with E-state index in [9.17, 15) is 9.59 Å². The smallest absolute Gasteiger partial charge is 0.255 e. The molecule has 0 aliphatic carbocycles. The van der Waals surface area contributed by atoms with E-state index in [4.69, 9.17) is 0 Å². The molecule has 0 unspecified atom stereocenters. The molecule has 0 bridgehead atoms. The van der Waals surface area contributed by atoms with Crippen LogP contribution in [0.3, 0.4) is 0 Å². The van der Waals surface area contributed by atoms with Crippen molar-refractivity contribution in [2.24, 2.45) is 20.5 Å². The number of hydrogen-bond acceptors (Lipinski definition) is 6. The Balaban J connectivity index is 0.908. The lowest BCUT2D eigenvalue weighted by Gasteiger charge is -2.12. The summed E-state index contributed by atoms with van der Waals surface area (Å²) in [7, 11) is 0. The van der Waals surface area contributed by atoms with Gasteiger partial charge in [0.15, 0.2) is 0 Å². The second kappa shape index (κ2) is 14.9. The van der Waals surface area contributed by atoms with Crippen LogP contribution in [-0.2, 0) is 0 Å². The predicted octanol–water partition coefficient (Wildman–Crippen LogP) is 13.6. The molecular formula is C48H32N6O2. The number of fused-ring (bicyclic) bond motifs is 4. The van der Waals surface area contributed by atoms with Gasteiger partial charge in [0.05, 0.1) is 22.7 Å². The zero-order chi connectivity index (χ0) is 37.8. The van der Waals surface area contributed by atoms with Gasteiger partial charge in [-0.15, -0.1) is 20.5 Å². The van der Waals surface area contributed by atoms with Crippen molar-refractivity contribution >= 4 is 89.0 Å². The molecule has 266 valence electrons. The molecule has 0 saturated carbocycles. The molecule has 0 fully saturated rings. The average molecular weight is 725 g/mol. The maximum atomic E-state index is 13.5. The van der Waals surface area contributed by atoms with Crippen LogP contribution in [0.2, 0.25) is 0 Å². The second-order valence-electron chi connectivity index (χ2n) is 13.2. The third-order valence-corrected chi connectivity index (χ3v) is 9.77. The third-order valence-electron chi connectivity index (χ3n) is 9.77. The van der Waals surface area contributed by atoms with Crippen molar-refractivity contribution in [3.05, 3.63) is 193 Å². The summed E-state index contributed by atoms with van der Waals surface area (Å²) in [5, 5.41) is 32.1. The van der Waals surface area contributed by atoms with Gasteiger partial charge in [-0.25, -0.2) is 0 Å². The van der Waals surface area contributed by atoms with Crippen LogP contribution in [0.1, 0.15) is 20.7 Å². The summed E-state index contributed by atoms with van der Waals surface area (Å²) < 4.78 is 0. The first-order chi connectivity index (χ1) is 27.6. The summed E-state index contributed by atoms with van der Waals surface area (Å²) in [6.45, 7) is 0. The van der Waals surface area contributed by atoms with Gasteiger partial charge in [-0.05, 0) is 71.4 Å². The third kappa shape index (κ3) is 6.74. The molecule has 2 amide bonds. The van der Waals surface area contributed by atoms with Crippen LogP contribution in [0, 0.1) is 0 Å². The Morgan fingerprint density at radius 3 is 1.04 bits per heavy atom. The summed E-state index contributed by atoms with van der Waals surface area (Å²) in [4.78, 5) is 26.9. The first-order valence-corrected chi connectivity index (χ1v) is 18.1. The highest BCUT2D eigenvalue weighted by atomic mass is 16.2. The average Bonchev–Trinajstić information content (AvgIpc) is 3.26. The van der Waals surface area contributed by atoms with Crippen molar-refractivity contribution < 1.29 is 9.59 Å². The molecule has 8 heteroatoms. The molecule has 0 radical (unpaired) electrons. The van der Waals surface area contributed by atoms with E-state index in [1.807, 2.05) is 158 Å². The van der Waals surface area contributed by atoms with E-state index in [2.05, 4.69) is 31.1 Å². The van der Waals surface area contributed by atoms with Crippen molar-refractivity contribution in [2.75, 3.05) is 10.6 Å². The van der Waals surface area contributed by atoms with Crippen molar-refractivity contribution in [3.8, 4) is 0 Å². The maximum absolute atomic E-state index is 13.5. The van der Waals surface area contributed by atoms with E-state index >= 15 is 0 Å². The summed E-state index contributed by atoms with van der Waals surface area (Å²) in [5.74, 6) is -0.599. The zero-order valence-electron chi connectivity index (χ0n) is 29.9. The molecule has 0 saturated heterocycles. The molecule has 0 spiro atoms. The van der Waals surface area contributed by atoms with E-state index in [0.717, 1.165) is 54.5 Å². The number of carbonyl (C=O) groups excluding carboxylic acids is 2. The monoisotopic (exact) mass is 724 g/mol. The fraction of sp³-hybridized carbons (Fsp3) is 0. The number of azo groups is 2. The summed E-state index contributed by atoms with van der Waals surface area (Å²) in [6.07, 6.45) is 0. The van der Waals surface area contributed by atoms with E-state index in [1.54, 1.807) is 24.3 Å². The highest BCUT2D eigenvalue weighted by Crippen LogP contribution is 2.36. The van der Waals surface area contributed by atoms with Gasteiger partial charge >= 0.3 is 0 Å². The van der Waals surface area contributed by atoms with Gasteiger partial charge in [-0.1, -0.05) is 121 Å². The minimum Gasteiger partial charge on any atom is -0.321 e. The van der Waals surface area contributed by atoms with Gasteiger partial charge in [0.2, 0.25) is 0 Å². The fourth-order valence-corrected chi connectivity index (χ4v) is 6.93. The lowest BCUT2D eigenvalue weighted by Crippen LogP contribution is -2.14. The highest BCUT2D eigenvalue weighted by Gasteiger charge is 2.14. The van der Waals surface area contributed by atoms with E-state index in [-0.39, 0.29) is 11.8 Å². The molecule has 0 aliphatic heterocycles. The summed E-state index contributed by atoms with van der Waals surface area (Å²) >= 11 is 0. The molecule has 0 aromatic heterocycles. The van der Waals surface area contributed by atoms with Gasteiger partial charge in [0.1, 0.15) is 0 Å². The maximum Gasteiger partial charge on any atom is 0.255 e. The molecule has 9 aromatic carbocycles. The normalized spacial score (nSPS) is 11.6. The highest BCUT2D eigenvalue weighted by molar-refractivity contribution is 6.13. The lowest BCUT2D eigenvalue weighted by molar-refractivity contribution is 0.101. The molecule has 0 atom stereocenters. The minimum atomic E-state index is -0.300. The Bertz CT molecular complexity index is 2810. The van der Waals surface area contributed by atoms with E-state index in [0.29, 0.717) is 33.9 Å². The number of hydrogen-bond donors (Lipinski definition) is 2. The van der Waals surface area contributed by atoms with Crippen LogP contribution in [0.15, 0.2) is 202 Å². The first-order valence-electron chi connectivity index (χ1n) is 18.1. The molecular weight excluding hydrogens is 693 g/mol. The standard InChI is InChI=1S/C48H32N6O2/c55-47(49-41-27-29-45(39-19-7-5-17-37(39)41)53-51-43-21-9-13-31-11-1-3-15-35(31)43)33-23-25-34(26-24-33)48(56)50-42-28-30-46(40-20-8-6-18-38(40)42)54-52-44-22-10-14-32-12-2-4-16-36(32)44/h1-30H,(H,49,55)(H,50,56)/b53-51+,54-52+. The number of carbonyl (C=O) groups is 2. The Morgan fingerprint density at radius 2 is 0.625 bits per heavy atom. The quantitative estimate of drug-likeness (QED) is 0.152. The number of anilines is 2. The van der Waals surface area contributed by atoms with Crippen LogP contribution >= 0.6 is 0 Å². The van der Waals surface area contributed by atoms with Gasteiger partial charge < -0.3 is 10.6 Å². The fourth-order valence-electron chi connectivity index (χ4n) is 6.93. The Labute approximate surface area is 321 Å². The molecule has 56 heavy (non-hydrogen) atoms. The molecule has 9 aromatic rings. The van der Waals surface area contributed by atoms with Crippen molar-refractivity contribution in [1.29, 1.82) is 0 Å². The molecule has 0 aliphatic rings. The Hall–Kier alpha value is -7.84. The minimum absolute atomic E-state index is 0.300. The van der Waals surface area contributed by atoms with Crippen LogP contribution < -0.4 is 10.6 Å². The van der Waals surface area contributed by atoms with Gasteiger partial charge in [0.25, 0.3) is 11.8 Å². The number of benzene rings is 9. The molecule has 0 heterocycles. The molecule has 2 N–H and O–H groups in total. The SMILES string of the molecule is O=C(Nc1ccc(/N=N/c2cccc3ccccc23)c2ccccc12)c1ccc(C(=O)Nc2ccc(/N=N/c3cccc4ccccc34)c3ccccc23)cc1. The van der Waals surface area contributed by atoms with Crippen LogP contribution in [0.4, 0.5) is 34.1 Å². The topological polar surface area (TPSA) is 108 Å². The second-order valence-corrected chi connectivity index (χ2v) is 13.2. The van der Waals surface area contributed by atoms with Crippen molar-refractivity contribution in [1.82, 2.24) is 0 Å². The molecule has 8 nitrogen and oxygen atoms in total. The van der Waals surface area contributed by atoms with Crippen LogP contribution in [0.25, 0.3) is 43.1 Å². The first kappa shape index (κ1) is 34.0. The van der Waals surface area contributed by atoms with Crippen molar-refractivity contribution in [3.63, 3.8) is 0 Å². The molecule has 9 rings (SSSR count). The van der Waals surface area contributed by atoms with E-state index in [1.165, 1.54) is 0 Å². The number of nitrogens with zero attached hydrogens (tertiary/aromatic N) is 4. The zero-order valence-corrected chi connectivity index (χ0v) is 29.9. The predicted molar refractivity (Wildman–Crippen MR) is 226 cm³/mol. The van der Waals surface area contributed by atoms with Gasteiger partial charge in [-0.2, -0.15) is 0 Å². The largest absolute Gasteiger partial charge is 0.321 e. The summed E-state index contributed by atoms with van der Waals surface area (Å²) in [6, 6.07) is 57.5. The number of rotatable bonds is 8. The van der Waals surface area contributed by atoms with Gasteiger partial charge in [-0.3, -0.25) is 9.59 Å². The number of amides is 2. The lowest BCUT2D eigenvalue weighted by atomic mass is 10.1. The van der Waals surface area contributed by atoms with E-state index < -0.39 is 0 Å². The number of nitrogens with one attached hydrogen (secondary N) is 2.